The molecule has 0 heterocycles. The second-order valence-electron chi connectivity index (χ2n) is 6.50. The SMILES string of the molecule is CCOC(=O)C1(N)C(c2ccc(CC)cc2)C1S(=O)(=O)c1ccccc1. The zero-order valence-electron chi connectivity index (χ0n) is 14.9. The van der Waals surface area contributed by atoms with E-state index < -0.39 is 32.5 Å². The molecule has 1 saturated carbocycles. The van der Waals surface area contributed by atoms with Gasteiger partial charge in [-0.2, -0.15) is 0 Å². The number of carbonyl (C=O) groups is 1. The van der Waals surface area contributed by atoms with Crippen LogP contribution in [0.25, 0.3) is 0 Å². The summed E-state index contributed by atoms with van der Waals surface area (Å²) in [6.45, 7) is 3.87. The molecule has 0 bridgehead atoms. The molecule has 6 heteroatoms. The van der Waals surface area contributed by atoms with Gasteiger partial charge in [-0.25, -0.2) is 13.2 Å². The van der Waals surface area contributed by atoms with Crippen LogP contribution in [0.5, 0.6) is 0 Å². The van der Waals surface area contributed by atoms with Crippen LogP contribution in [0.3, 0.4) is 0 Å². The van der Waals surface area contributed by atoms with Crippen LogP contribution in [0.2, 0.25) is 0 Å². The molecule has 0 aliphatic heterocycles. The van der Waals surface area contributed by atoms with E-state index in [9.17, 15) is 13.2 Å². The summed E-state index contributed by atoms with van der Waals surface area (Å²) in [5.41, 5.74) is 6.64. The molecule has 1 aliphatic carbocycles. The molecule has 0 saturated heterocycles. The number of hydrogen-bond donors (Lipinski definition) is 1. The van der Waals surface area contributed by atoms with Gasteiger partial charge in [0.05, 0.1) is 11.5 Å². The van der Waals surface area contributed by atoms with Crippen molar-refractivity contribution in [1.82, 2.24) is 0 Å². The van der Waals surface area contributed by atoms with Crippen LogP contribution in [-0.2, 0) is 25.8 Å². The lowest BCUT2D eigenvalue weighted by Gasteiger charge is -2.11. The Labute approximate surface area is 154 Å². The molecule has 138 valence electrons. The maximum absolute atomic E-state index is 13.1. The Kier molecular flexibility index (Phi) is 4.90. The number of sulfone groups is 1. The number of benzene rings is 2. The van der Waals surface area contributed by atoms with E-state index in [1.165, 1.54) is 12.1 Å². The maximum atomic E-state index is 13.1. The third-order valence-corrected chi connectivity index (χ3v) is 7.22. The van der Waals surface area contributed by atoms with Gasteiger partial charge in [0.1, 0.15) is 10.8 Å². The van der Waals surface area contributed by atoms with E-state index in [2.05, 4.69) is 0 Å². The van der Waals surface area contributed by atoms with Crippen molar-refractivity contribution < 1.29 is 17.9 Å². The van der Waals surface area contributed by atoms with E-state index in [-0.39, 0.29) is 11.5 Å². The highest BCUT2D eigenvalue weighted by Crippen LogP contribution is 2.56. The fourth-order valence-electron chi connectivity index (χ4n) is 3.48. The average molecular weight is 373 g/mol. The van der Waals surface area contributed by atoms with Crippen molar-refractivity contribution in [2.24, 2.45) is 5.73 Å². The summed E-state index contributed by atoms with van der Waals surface area (Å²) in [4.78, 5) is 12.7. The van der Waals surface area contributed by atoms with Crippen LogP contribution < -0.4 is 5.73 Å². The number of nitrogens with two attached hydrogens (primary N) is 1. The summed E-state index contributed by atoms with van der Waals surface area (Å²) in [7, 11) is -3.78. The highest BCUT2D eigenvalue weighted by atomic mass is 32.2. The van der Waals surface area contributed by atoms with Crippen molar-refractivity contribution in [3.8, 4) is 0 Å². The molecular weight excluding hydrogens is 350 g/mol. The van der Waals surface area contributed by atoms with E-state index in [1.54, 1.807) is 25.1 Å². The third-order valence-electron chi connectivity index (χ3n) is 4.96. The summed E-state index contributed by atoms with van der Waals surface area (Å²) in [5, 5.41) is -1.04. The zero-order chi connectivity index (χ0) is 18.9. The van der Waals surface area contributed by atoms with Gasteiger partial charge >= 0.3 is 5.97 Å². The molecule has 3 atom stereocenters. The number of aryl methyl sites for hydroxylation is 1. The van der Waals surface area contributed by atoms with Gasteiger partial charge in [0.2, 0.25) is 0 Å². The predicted octanol–water partition coefficient (Wildman–Crippen LogP) is 2.45. The molecule has 0 aromatic heterocycles. The first-order valence-electron chi connectivity index (χ1n) is 8.71. The van der Waals surface area contributed by atoms with Crippen LogP contribution in [0, 0.1) is 0 Å². The lowest BCUT2D eigenvalue weighted by atomic mass is 10.0. The lowest BCUT2D eigenvalue weighted by molar-refractivity contribution is -0.145. The highest BCUT2D eigenvalue weighted by molar-refractivity contribution is 7.92. The van der Waals surface area contributed by atoms with Crippen LogP contribution in [-0.4, -0.2) is 31.8 Å². The summed E-state index contributed by atoms with van der Waals surface area (Å²) in [5.74, 6) is -1.30. The van der Waals surface area contributed by atoms with Crippen LogP contribution in [0.1, 0.15) is 30.9 Å². The molecule has 2 aromatic carbocycles. The normalized spacial score (nSPS) is 24.9. The topological polar surface area (TPSA) is 86.5 Å². The van der Waals surface area contributed by atoms with Crippen LogP contribution in [0.4, 0.5) is 0 Å². The first-order chi connectivity index (χ1) is 12.4. The second-order valence-corrected chi connectivity index (χ2v) is 8.57. The van der Waals surface area contributed by atoms with Crippen LogP contribution in [0.15, 0.2) is 59.5 Å². The van der Waals surface area contributed by atoms with Gasteiger partial charge in [-0.1, -0.05) is 49.4 Å². The Hall–Kier alpha value is -2.18. The minimum absolute atomic E-state index is 0.150. The van der Waals surface area contributed by atoms with Crippen molar-refractivity contribution in [3.63, 3.8) is 0 Å². The number of rotatable bonds is 6. The smallest absolute Gasteiger partial charge is 0.328 e. The monoisotopic (exact) mass is 373 g/mol. The molecule has 26 heavy (non-hydrogen) atoms. The van der Waals surface area contributed by atoms with Crippen molar-refractivity contribution in [3.05, 3.63) is 65.7 Å². The quantitative estimate of drug-likeness (QED) is 0.786. The molecule has 2 N–H and O–H groups in total. The highest BCUT2D eigenvalue weighted by Gasteiger charge is 2.74. The lowest BCUT2D eigenvalue weighted by Crippen LogP contribution is -2.41. The average Bonchev–Trinajstić information content (AvgIpc) is 3.31. The molecule has 0 spiro atoms. The second kappa shape index (κ2) is 6.85. The van der Waals surface area contributed by atoms with Gasteiger partial charge < -0.3 is 10.5 Å². The van der Waals surface area contributed by atoms with Crippen molar-refractivity contribution >= 4 is 15.8 Å². The number of carbonyl (C=O) groups excluding carboxylic acids is 1. The summed E-state index contributed by atoms with van der Waals surface area (Å²) >= 11 is 0. The van der Waals surface area contributed by atoms with E-state index in [4.69, 9.17) is 10.5 Å². The number of ether oxygens (including phenoxy) is 1. The molecule has 1 fully saturated rings. The van der Waals surface area contributed by atoms with Crippen molar-refractivity contribution in [1.29, 1.82) is 0 Å². The van der Waals surface area contributed by atoms with Gasteiger partial charge in [-0.05, 0) is 36.6 Å². The predicted molar refractivity (Wildman–Crippen MR) is 99.5 cm³/mol. The van der Waals surface area contributed by atoms with E-state index in [0.29, 0.717) is 0 Å². The largest absolute Gasteiger partial charge is 0.465 e. The van der Waals surface area contributed by atoms with Gasteiger partial charge in [0, 0.05) is 5.92 Å². The number of hydrogen-bond acceptors (Lipinski definition) is 5. The molecule has 2 aromatic rings. The Bertz CT molecular complexity index is 893. The fourth-order valence-corrected chi connectivity index (χ4v) is 5.73. The molecule has 0 radical (unpaired) electrons. The van der Waals surface area contributed by atoms with Gasteiger partial charge in [0.25, 0.3) is 0 Å². The minimum atomic E-state index is -3.78. The van der Waals surface area contributed by atoms with Crippen molar-refractivity contribution in [2.45, 2.75) is 41.9 Å². The molecule has 0 amide bonds. The summed E-state index contributed by atoms with van der Waals surface area (Å²) in [6.07, 6.45) is 0.877. The van der Waals surface area contributed by atoms with Crippen LogP contribution >= 0.6 is 0 Å². The summed E-state index contributed by atoms with van der Waals surface area (Å²) < 4.78 is 31.4. The Morgan fingerprint density at radius 1 is 1.08 bits per heavy atom. The Balaban J connectivity index is 2.04. The molecular formula is C20H23NO4S. The first kappa shape index (κ1) is 18.6. The van der Waals surface area contributed by atoms with E-state index in [1.807, 2.05) is 31.2 Å². The van der Waals surface area contributed by atoms with Gasteiger partial charge in [-0.15, -0.1) is 0 Å². The molecule has 3 unspecified atom stereocenters. The fraction of sp³-hybridized carbons (Fsp3) is 0.350. The third kappa shape index (κ3) is 2.93. The minimum Gasteiger partial charge on any atom is -0.465 e. The van der Waals surface area contributed by atoms with Gasteiger partial charge in [-0.3, -0.25) is 0 Å². The molecule has 5 nitrogen and oxygen atoms in total. The summed E-state index contributed by atoms with van der Waals surface area (Å²) in [6, 6.07) is 15.7. The van der Waals surface area contributed by atoms with E-state index >= 15 is 0 Å². The van der Waals surface area contributed by atoms with Crippen molar-refractivity contribution in [2.75, 3.05) is 6.61 Å². The Morgan fingerprint density at radius 3 is 2.23 bits per heavy atom. The standard InChI is InChI=1S/C20H23NO4S/c1-3-14-10-12-15(13-11-14)17-18(20(17,21)19(22)25-4-2)26(23,24)16-8-6-5-7-9-16/h5-13,17-18H,3-4,21H2,1-2H3. The molecule has 3 rings (SSSR count). The number of esters is 1. The molecule has 1 aliphatic rings. The maximum Gasteiger partial charge on any atom is 0.328 e. The zero-order valence-corrected chi connectivity index (χ0v) is 15.7. The van der Waals surface area contributed by atoms with Gasteiger partial charge in [0.15, 0.2) is 9.84 Å². The van der Waals surface area contributed by atoms with E-state index in [0.717, 1.165) is 17.5 Å². The first-order valence-corrected chi connectivity index (χ1v) is 10.3. The Morgan fingerprint density at radius 2 is 1.69 bits per heavy atom.